The summed E-state index contributed by atoms with van der Waals surface area (Å²) in [6.45, 7) is 6.85. The fourth-order valence-corrected chi connectivity index (χ4v) is 7.64. The van der Waals surface area contributed by atoms with Crippen LogP contribution in [0.3, 0.4) is 0 Å². The first kappa shape index (κ1) is 29.9. The van der Waals surface area contributed by atoms with Crippen LogP contribution in [0.5, 0.6) is 0 Å². The Hall–Kier alpha value is -4.45. The molecule has 3 aromatic rings. The van der Waals surface area contributed by atoms with Gasteiger partial charge in [0, 0.05) is 86.8 Å². The van der Waals surface area contributed by atoms with Crippen molar-refractivity contribution in [1.29, 1.82) is 0 Å². The average Bonchev–Trinajstić information content (AvgIpc) is 3.37. The summed E-state index contributed by atoms with van der Waals surface area (Å²) in [5.41, 5.74) is 7.45. The summed E-state index contributed by atoms with van der Waals surface area (Å²) in [6.07, 6.45) is 9.63. The zero-order chi connectivity index (χ0) is 32.1. The van der Waals surface area contributed by atoms with Crippen molar-refractivity contribution in [1.82, 2.24) is 19.4 Å². The summed E-state index contributed by atoms with van der Waals surface area (Å²) < 4.78 is 6.91. The number of aliphatic hydroxyl groups excluding tert-OH is 1. The van der Waals surface area contributed by atoms with Crippen molar-refractivity contribution in [2.75, 3.05) is 67.6 Å². The summed E-state index contributed by atoms with van der Waals surface area (Å²) in [7, 11) is 1.73. The molecule has 11 heteroatoms. The number of anilines is 4. The summed E-state index contributed by atoms with van der Waals surface area (Å²) in [5.74, 6) is 0.731. The Kier molecular flexibility index (Phi) is 7.83. The fraction of sp³-hybridized carbons (Fsp3) is 0.417. The Morgan fingerprint density at radius 2 is 1.83 bits per heavy atom. The van der Waals surface area contributed by atoms with Crippen LogP contribution in [0, 0.1) is 0 Å². The van der Waals surface area contributed by atoms with Crippen LogP contribution < -0.4 is 20.7 Å². The second kappa shape index (κ2) is 12.3. The highest BCUT2D eigenvalue weighted by Crippen LogP contribution is 2.41. The van der Waals surface area contributed by atoms with Crippen molar-refractivity contribution in [2.45, 2.75) is 38.3 Å². The first-order valence-corrected chi connectivity index (χ1v) is 16.7. The molecule has 47 heavy (non-hydrogen) atoms. The third kappa shape index (κ3) is 5.42. The van der Waals surface area contributed by atoms with Gasteiger partial charge >= 0.3 is 0 Å². The molecule has 2 aromatic heterocycles. The van der Waals surface area contributed by atoms with Crippen molar-refractivity contribution in [3.63, 3.8) is 0 Å². The second-order valence-corrected chi connectivity index (χ2v) is 13.1. The standard InChI is InChI=1S/C36H41N7O4/c1-39-19-24(17-30(36(39)46)38-34-10-9-25(18-37-34)40-11-13-41(14-12-40)26-22-47-23-26)27-6-4-8-31(29(27)21-44)42-15-16-43-32-7-3-2-5-28(32)35(45)33(43)20-42/h4,6,8-10,17-20,26,44H,2-3,5,7,11-16,21-23H2,1H3,(H,37,38). The van der Waals surface area contributed by atoms with Crippen molar-refractivity contribution in [3.8, 4) is 11.1 Å². The van der Waals surface area contributed by atoms with Gasteiger partial charge in [-0.25, -0.2) is 4.98 Å². The van der Waals surface area contributed by atoms with E-state index in [0.29, 0.717) is 24.1 Å². The van der Waals surface area contributed by atoms with E-state index >= 15 is 0 Å². The van der Waals surface area contributed by atoms with Crippen LogP contribution in [0.1, 0.15) is 31.2 Å². The molecule has 1 aliphatic carbocycles. The van der Waals surface area contributed by atoms with Crippen LogP contribution >= 0.6 is 0 Å². The lowest BCUT2D eigenvalue weighted by Gasteiger charge is -2.43. The summed E-state index contributed by atoms with van der Waals surface area (Å²) in [5, 5.41) is 13.9. The number of nitrogens with one attached hydrogen (secondary N) is 1. The molecule has 11 nitrogen and oxygen atoms in total. The number of hydrogen-bond acceptors (Lipinski definition) is 10. The van der Waals surface area contributed by atoms with E-state index in [4.69, 9.17) is 4.74 Å². The molecule has 0 amide bonds. The number of hydrogen-bond donors (Lipinski definition) is 2. The monoisotopic (exact) mass is 635 g/mol. The molecule has 0 saturated carbocycles. The van der Waals surface area contributed by atoms with Crippen molar-refractivity contribution in [2.24, 2.45) is 7.05 Å². The van der Waals surface area contributed by atoms with Gasteiger partial charge in [0.15, 0.2) is 0 Å². The van der Waals surface area contributed by atoms with Gasteiger partial charge in [0.1, 0.15) is 17.2 Å². The van der Waals surface area contributed by atoms with Crippen LogP contribution in [0.2, 0.25) is 0 Å². The Labute approximate surface area is 274 Å². The molecule has 2 saturated heterocycles. The molecule has 0 atom stereocenters. The van der Waals surface area contributed by atoms with Crippen LogP contribution in [0.4, 0.5) is 22.9 Å². The molecule has 8 rings (SSSR count). The minimum Gasteiger partial charge on any atom is -0.392 e. The predicted molar refractivity (Wildman–Crippen MR) is 182 cm³/mol. The predicted octanol–water partition coefficient (Wildman–Crippen LogP) is 3.58. The van der Waals surface area contributed by atoms with E-state index in [1.807, 2.05) is 48.8 Å². The maximum absolute atomic E-state index is 13.3. The number of carbonyl (C=O) groups is 1. The topological polar surface area (TPSA) is 106 Å². The first-order valence-electron chi connectivity index (χ1n) is 16.7. The molecule has 2 fully saturated rings. The molecule has 6 heterocycles. The number of piperazine rings is 1. The number of benzene rings is 1. The molecular formula is C36H41N7O4. The van der Waals surface area contributed by atoms with Crippen molar-refractivity contribution >= 4 is 28.7 Å². The lowest BCUT2D eigenvalue weighted by Crippen LogP contribution is -2.56. The number of Topliss-reactive ketones (excluding diaryl/α,β-unsaturated/α-hetero) is 1. The molecule has 244 valence electrons. The van der Waals surface area contributed by atoms with Gasteiger partial charge in [-0.2, -0.15) is 0 Å². The summed E-state index contributed by atoms with van der Waals surface area (Å²) in [6, 6.07) is 12.3. The third-order valence-corrected chi connectivity index (χ3v) is 10.3. The lowest BCUT2D eigenvalue weighted by atomic mass is 9.96. The maximum Gasteiger partial charge on any atom is 0.274 e. The highest BCUT2D eigenvalue weighted by Gasteiger charge is 2.38. The molecule has 0 unspecified atom stereocenters. The van der Waals surface area contributed by atoms with E-state index in [0.717, 1.165) is 111 Å². The minimum absolute atomic E-state index is 0.142. The third-order valence-electron chi connectivity index (χ3n) is 10.3. The normalized spacial score (nSPS) is 20.3. The molecule has 4 aliphatic heterocycles. The van der Waals surface area contributed by atoms with E-state index in [1.54, 1.807) is 17.8 Å². The second-order valence-electron chi connectivity index (χ2n) is 13.1. The van der Waals surface area contributed by atoms with Crippen LogP contribution in [0.15, 0.2) is 76.8 Å². The van der Waals surface area contributed by atoms with Gasteiger partial charge in [0.05, 0.1) is 37.7 Å². The quantitative estimate of drug-likeness (QED) is 0.400. The van der Waals surface area contributed by atoms with E-state index < -0.39 is 0 Å². The maximum atomic E-state index is 13.3. The molecule has 1 aromatic carbocycles. The van der Waals surface area contributed by atoms with Crippen molar-refractivity contribution < 1.29 is 14.6 Å². The Balaban J connectivity index is 1.03. The SMILES string of the molecule is Cn1cc(-c2cccc(N3C=C4C(=O)C5=C(CCCC5)N4CC3)c2CO)cc(Nc2ccc(N3CCN(C4COC4)CC3)cn2)c1=O. The number of fused-ring (bicyclic) bond motifs is 2. The highest BCUT2D eigenvalue weighted by molar-refractivity contribution is 6.11. The number of pyridine rings is 2. The minimum atomic E-state index is -0.186. The van der Waals surface area contributed by atoms with E-state index in [9.17, 15) is 14.7 Å². The zero-order valence-corrected chi connectivity index (χ0v) is 26.8. The largest absolute Gasteiger partial charge is 0.392 e. The van der Waals surface area contributed by atoms with Crippen LogP contribution in [0.25, 0.3) is 11.1 Å². The lowest BCUT2D eigenvalue weighted by molar-refractivity contribution is -0.112. The van der Waals surface area contributed by atoms with Gasteiger partial charge < -0.3 is 34.4 Å². The number of aryl methyl sites for hydroxylation is 1. The highest BCUT2D eigenvalue weighted by atomic mass is 16.5. The molecular weight excluding hydrogens is 594 g/mol. The van der Waals surface area contributed by atoms with E-state index in [2.05, 4.69) is 29.9 Å². The van der Waals surface area contributed by atoms with E-state index in [-0.39, 0.29) is 17.9 Å². The van der Waals surface area contributed by atoms with Gasteiger partial charge in [-0.3, -0.25) is 14.5 Å². The first-order chi connectivity index (χ1) is 23.0. The van der Waals surface area contributed by atoms with Gasteiger partial charge in [-0.1, -0.05) is 12.1 Å². The number of allylic oxidation sites excluding steroid dienone is 2. The van der Waals surface area contributed by atoms with E-state index in [1.165, 1.54) is 5.70 Å². The molecule has 5 aliphatic rings. The van der Waals surface area contributed by atoms with Crippen LogP contribution in [-0.2, 0) is 23.2 Å². The number of aliphatic hydroxyl groups is 1. The van der Waals surface area contributed by atoms with Crippen molar-refractivity contribution in [3.05, 3.63) is 87.9 Å². The van der Waals surface area contributed by atoms with Gasteiger partial charge in [-0.15, -0.1) is 0 Å². The average molecular weight is 636 g/mol. The zero-order valence-electron chi connectivity index (χ0n) is 26.8. The molecule has 2 N–H and O–H groups in total. The van der Waals surface area contributed by atoms with Gasteiger partial charge in [0.2, 0.25) is 5.78 Å². The molecule has 0 bridgehead atoms. The summed E-state index contributed by atoms with van der Waals surface area (Å²) in [4.78, 5) is 40.3. The van der Waals surface area contributed by atoms with Gasteiger partial charge in [0.25, 0.3) is 5.56 Å². The Morgan fingerprint density at radius 1 is 1.00 bits per heavy atom. The Morgan fingerprint density at radius 3 is 2.57 bits per heavy atom. The number of carbonyl (C=O) groups excluding carboxylic acids is 1. The number of aromatic nitrogens is 2. The number of ether oxygens (including phenoxy) is 1. The Bertz CT molecular complexity index is 1820. The number of nitrogens with zero attached hydrogens (tertiary/aromatic N) is 6. The molecule has 0 radical (unpaired) electrons. The fourth-order valence-electron chi connectivity index (χ4n) is 7.64. The van der Waals surface area contributed by atoms with Gasteiger partial charge in [-0.05, 0) is 55.5 Å². The summed E-state index contributed by atoms with van der Waals surface area (Å²) >= 11 is 0. The smallest absolute Gasteiger partial charge is 0.274 e. The number of rotatable bonds is 7. The molecule has 0 spiro atoms. The number of ketones is 1. The van der Waals surface area contributed by atoms with Crippen LogP contribution in [-0.4, -0.2) is 88.8 Å².